The highest BCUT2D eigenvalue weighted by Gasteiger charge is 2.33. The minimum Gasteiger partial charge on any atom is -0.357 e. The Morgan fingerprint density at radius 3 is 2.31 bits per heavy atom. The number of hydrogen-bond donors (Lipinski definition) is 2. The van der Waals surface area contributed by atoms with Crippen molar-refractivity contribution in [1.82, 2.24) is 20.4 Å². The van der Waals surface area contributed by atoms with Crippen molar-refractivity contribution in [2.45, 2.75) is 58.9 Å². The fourth-order valence-corrected chi connectivity index (χ4v) is 3.15. The molecule has 0 unspecified atom stereocenters. The van der Waals surface area contributed by atoms with Crippen molar-refractivity contribution in [1.29, 1.82) is 0 Å². The van der Waals surface area contributed by atoms with Gasteiger partial charge in [-0.15, -0.1) is 24.0 Å². The summed E-state index contributed by atoms with van der Waals surface area (Å²) in [6.07, 6.45) is 6.07. The summed E-state index contributed by atoms with van der Waals surface area (Å²) in [5, 5.41) is 6.58. The van der Waals surface area contributed by atoms with Gasteiger partial charge in [-0.1, -0.05) is 0 Å². The number of halogens is 1. The number of nitrogens with one attached hydrogen (secondary N) is 2. The van der Waals surface area contributed by atoms with Crippen molar-refractivity contribution in [2.75, 3.05) is 45.8 Å². The molecule has 0 radical (unpaired) electrons. The predicted octanol–water partition coefficient (Wildman–Crippen LogP) is 2.29. The molecule has 2 rings (SSSR count). The second kappa shape index (κ2) is 12.8. The van der Waals surface area contributed by atoms with Crippen molar-refractivity contribution < 1.29 is 4.79 Å². The van der Waals surface area contributed by atoms with E-state index >= 15 is 0 Å². The molecule has 0 aromatic heterocycles. The maximum atomic E-state index is 12.1. The zero-order valence-electron chi connectivity index (χ0n) is 16.8. The molecule has 0 aliphatic heterocycles. The first-order chi connectivity index (χ1) is 12.2. The molecule has 0 saturated heterocycles. The van der Waals surface area contributed by atoms with E-state index in [1.165, 1.54) is 32.2 Å². The van der Waals surface area contributed by atoms with Crippen LogP contribution in [-0.4, -0.2) is 73.5 Å². The Hall–Kier alpha value is -0.570. The zero-order chi connectivity index (χ0) is 18.1. The van der Waals surface area contributed by atoms with Crippen LogP contribution in [0, 0.1) is 5.92 Å². The van der Waals surface area contributed by atoms with Gasteiger partial charge in [0, 0.05) is 51.7 Å². The summed E-state index contributed by atoms with van der Waals surface area (Å²) in [7, 11) is 0. The van der Waals surface area contributed by atoms with Crippen LogP contribution in [0.5, 0.6) is 0 Å². The molecule has 2 fully saturated rings. The fourth-order valence-electron chi connectivity index (χ4n) is 3.15. The van der Waals surface area contributed by atoms with Crippen LogP contribution in [0.15, 0.2) is 4.99 Å². The van der Waals surface area contributed by atoms with Gasteiger partial charge in [0.1, 0.15) is 0 Å². The summed E-state index contributed by atoms with van der Waals surface area (Å²) in [4.78, 5) is 21.3. The van der Waals surface area contributed by atoms with E-state index in [9.17, 15) is 4.79 Å². The fraction of sp³-hybridized carbons (Fsp3) is 0.895. The third-order valence-corrected chi connectivity index (χ3v) is 5.00. The van der Waals surface area contributed by atoms with Crippen molar-refractivity contribution in [2.24, 2.45) is 10.9 Å². The van der Waals surface area contributed by atoms with Crippen molar-refractivity contribution in [3.63, 3.8) is 0 Å². The quantitative estimate of drug-likeness (QED) is 0.256. The average molecular weight is 479 g/mol. The highest BCUT2D eigenvalue weighted by molar-refractivity contribution is 14.0. The van der Waals surface area contributed by atoms with E-state index in [1.54, 1.807) is 0 Å². The van der Waals surface area contributed by atoms with Gasteiger partial charge in [-0.3, -0.25) is 14.7 Å². The van der Waals surface area contributed by atoms with E-state index in [2.05, 4.69) is 22.5 Å². The molecule has 0 spiro atoms. The van der Waals surface area contributed by atoms with Crippen LogP contribution < -0.4 is 10.6 Å². The summed E-state index contributed by atoms with van der Waals surface area (Å²) < 4.78 is 0. The van der Waals surface area contributed by atoms with Gasteiger partial charge in [-0.05, 0) is 52.4 Å². The standard InChI is InChI=1S/C19H37N5O.HI/c1-4-20-19(21-12-11-18(25)23(5-2)6-3)22-13-14-24(17-9-10-17)15-16-7-8-16;/h16-17H,4-15H2,1-3H3,(H2,20,21,22);1H. The summed E-state index contributed by atoms with van der Waals surface area (Å²) in [6, 6.07) is 0.818. The van der Waals surface area contributed by atoms with Gasteiger partial charge in [-0.2, -0.15) is 0 Å². The molecule has 26 heavy (non-hydrogen) atoms. The van der Waals surface area contributed by atoms with Gasteiger partial charge in [0.2, 0.25) is 5.91 Å². The molecule has 2 N–H and O–H groups in total. The molecule has 2 aliphatic carbocycles. The summed E-state index contributed by atoms with van der Waals surface area (Å²) >= 11 is 0. The number of guanidine groups is 1. The van der Waals surface area contributed by atoms with Gasteiger partial charge >= 0.3 is 0 Å². The second-order valence-electron chi connectivity index (χ2n) is 7.17. The molecule has 0 atom stereocenters. The lowest BCUT2D eigenvalue weighted by Crippen LogP contribution is -2.40. The number of nitrogens with zero attached hydrogens (tertiary/aromatic N) is 3. The monoisotopic (exact) mass is 479 g/mol. The number of rotatable bonds is 12. The number of carbonyl (C=O) groups excluding carboxylic acids is 1. The lowest BCUT2D eigenvalue weighted by molar-refractivity contribution is -0.130. The minimum atomic E-state index is 0. The Balaban J connectivity index is 0.00000338. The SMILES string of the molecule is CCNC(=NCCN(CC1CC1)C1CC1)NCCC(=O)N(CC)CC.I. The lowest BCUT2D eigenvalue weighted by Gasteiger charge is -2.21. The number of carbonyl (C=O) groups is 1. The molecule has 0 aromatic carbocycles. The minimum absolute atomic E-state index is 0. The van der Waals surface area contributed by atoms with Gasteiger partial charge < -0.3 is 15.5 Å². The van der Waals surface area contributed by atoms with E-state index in [0.29, 0.717) is 13.0 Å². The lowest BCUT2D eigenvalue weighted by atomic mass is 10.3. The maximum absolute atomic E-state index is 12.1. The van der Waals surface area contributed by atoms with Gasteiger partial charge in [0.25, 0.3) is 0 Å². The Bertz CT molecular complexity index is 434. The predicted molar refractivity (Wildman–Crippen MR) is 119 cm³/mol. The van der Waals surface area contributed by atoms with Crippen LogP contribution in [0.1, 0.15) is 52.9 Å². The van der Waals surface area contributed by atoms with E-state index in [1.807, 2.05) is 18.7 Å². The second-order valence-corrected chi connectivity index (χ2v) is 7.17. The summed E-state index contributed by atoms with van der Waals surface area (Å²) in [5.41, 5.74) is 0. The van der Waals surface area contributed by atoms with Gasteiger partial charge in [-0.25, -0.2) is 0 Å². The van der Waals surface area contributed by atoms with Crippen LogP contribution in [0.3, 0.4) is 0 Å². The molecule has 0 bridgehead atoms. The number of hydrogen-bond acceptors (Lipinski definition) is 3. The van der Waals surface area contributed by atoms with E-state index in [-0.39, 0.29) is 29.9 Å². The van der Waals surface area contributed by atoms with Gasteiger partial charge in [0.05, 0.1) is 6.54 Å². The molecule has 152 valence electrons. The molecular formula is C19H38IN5O. The van der Waals surface area contributed by atoms with E-state index in [0.717, 1.165) is 50.6 Å². The molecule has 0 heterocycles. The smallest absolute Gasteiger partial charge is 0.224 e. The normalized spacial score (nSPS) is 17.0. The molecule has 1 amide bonds. The first kappa shape index (κ1) is 23.5. The Morgan fingerprint density at radius 1 is 1.08 bits per heavy atom. The third-order valence-electron chi connectivity index (χ3n) is 5.00. The van der Waals surface area contributed by atoms with Crippen molar-refractivity contribution in [3.05, 3.63) is 0 Å². The first-order valence-corrected chi connectivity index (χ1v) is 10.2. The Morgan fingerprint density at radius 2 is 1.77 bits per heavy atom. The van der Waals surface area contributed by atoms with Crippen LogP contribution in [0.2, 0.25) is 0 Å². The average Bonchev–Trinajstić information content (AvgIpc) is 3.48. The van der Waals surface area contributed by atoms with Crippen LogP contribution in [0.4, 0.5) is 0 Å². The molecular weight excluding hydrogens is 441 g/mol. The van der Waals surface area contributed by atoms with Crippen LogP contribution in [-0.2, 0) is 4.79 Å². The molecule has 2 saturated carbocycles. The van der Waals surface area contributed by atoms with E-state index in [4.69, 9.17) is 4.99 Å². The van der Waals surface area contributed by atoms with Gasteiger partial charge in [0.15, 0.2) is 5.96 Å². The Labute approximate surface area is 176 Å². The largest absolute Gasteiger partial charge is 0.357 e. The topological polar surface area (TPSA) is 60.0 Å². The summed E-state index contributed by atoms with van der Waals surface area (Å²) in [5.74, 6) is 1.98. The Kier molecular flexibility index (Phi) is 11.5. The van der Waals surface area contributed by atoms with Crippen LogP contribution in [0.25, 0.3) is 0 Å². The molecule has 2 aliphatic rings. The maximum Gasteiger partial charge on any atom is 0.224 e. The highest BCUT2D eigenvalue weighted by atomic mass is 127. The molecule has 6 nitrogen and oxygen atoms in total. The van der Waals surface area contributed by atoms with E-state index < -0.39 is 0 Å². The number of aliphatic imine (C=N–C) groups is 1. The first-order valence-electron chi connectivity index (χ1n) is 10.2. The van der Waals surface area contributed by atoms with Crippen molar-refractivity contribution in [3.8, 4) is 0 Å². The van der Waals surface area contributed by atoms with Crippen LogP contribution >= 0.6 is 24.0 Å². The zero-order valence-corrected chi connectivity index (χ0v) is 19.1. The molecule has 0 aromatic rings. The highest BCUT2D eigenvalue weighted by Crippen LogP contribution is 2.34. The summed E-state index contributed by atoms with van der Waals surface area (Å²) in [6.45, 7) is 12.3. The third kappa shape index (κ3) is 8.88. The number of amides is 1. The van der Waals surface area contributed by atoms with Crippen molar-refractivity contribution >= 4 is 35.8 Å². The molecule has 7 heteroatoms.